The number of hydrogen-bond acceptors (Lipinski definition) is 2. The van der Waals surface area contributed by atoms with E-state index in [-0.39, 0.29) is 0 Å². The van der Waals surface area contributed by atoms with Gasteiger partial charge in [-0.15, -0.1) is 0 Å². The molecule has 0 aromatic rings. The second kappa shape index (κ2) is 5.08. The van der Waals surface area contributed by atoms with Gasteiger partial charge in [0.2, 0.25) is 0 Å². The van der Waals surface area contributed by atoms with Crippen molar-refractivity contribution < 1.29 is 9.53 Å². The summed E-state index contributed by atoms with van der Waals surface area (Å²) >= 11 is 0. The zero-order valence-electron chi connectivity index (χ0n) is 6.66. The highest BCUT2D eigenvalue weighted by Gasteiger charge is 2.11. The molecule has 0 aromatic carbocycles. The molecule has 0 radical (unpaired) electrons. The second-order valence-corrected chi connectivity index (χ2v) is 2.86. The van der Waals surface area contributed by atoms with Gasteiger partial charge in [-0.05, 0) is 31.3 Å². The molecule has 62 valence electrons. The van der Waals surface area contributed by atoms with Gasteiger partial charge in [-0.25, -0.2) is 0 Å². The molecule has 1 aliphatic rings. The van der Waals surface area contributed by atoms with Crippen LogP contribution in [0, 0.1) is 5.92 Å². The zero-order chi connectivity index (χ0) is 7.94. The molecule has 0 atom stereocenters. The van der Waals surface area contributed by atoms with E-state index in [9.17, 15) is 4.79 Å². The minimum Gasteiger partial charge on any atom is -0.381 e. The number of allylic oxidation sites excluding steroid dienone is 2. The fourth-order valence-corrected chi connectivity index (χ4v) is 1.31. The SMILES string of the molecule is O=C/C=C\CC1CCOCC1. The maximum atomic E-state index is 9.94. The number of rotatable bonds is 3. The van der Waals surface area contributed by atoms with Crippen LogP contribution in [-0.4, -0.2) is 19.5 Å². The van der Waals surface area contributed by atoms with Gasteiger partial charge in [0.1, 0.15) is 6.29 Å². The quantitative estimate of drug-likeness (QED) is 0.455. The minimum atomic E-state index is 0.736. The van der Waals surface area contributed by atoms with Gasteiger partial charge >= 0.3 is 0 Å². The van der Waals surface area contributed by atoms with Crippen LogP contribution in [0.2, 0.25) is 0 Å². The van der Waals surface area contributed by atoms with Gasteiger partial charge in [0.25, 0.3) is 0 Å². The molecular weight excluding hydrogens is 140 g/mol. The molecule has 0 aliphatic carbocycles. The predicted octanol–water partition coefficient (Wildman–Crippen LogP) is 1.56. The summed E-state index contributed by atoms with van der Waals surface area (Å²) in [6.45, 7) is 1.78. The molecule has 1 saturated heterocycles. The monoisotopic (exact) mass is 154 g/mol. The third-order valence-electron chi connectivity index (χ3n) is 2.02. The van der Waals surface area contributed by atoms with Gasteiger partial charge < -0.3 is 4.74 Å². The number of carbonyl (C=O) groups excluding carboxylic acids is 1. The third-order valence-corrected chi connectivity index (χ3v) is 2.02. The Bertz CT molecular complexity index is 134. The van der Waals surface area contributed by atoms with Crippen molar-refractivity contribution in [2.24, 2.45) is 5.92 Å². The number of aldehydes is 1. The molecular formula is C9H14O2. The Labute approximate surface area is 67.2 Å². The molecule has 0 bridgehead atoms. The molecule has 1 heterocycles. The lowest BCUT2D eigenvalue weighted by Crippen LogP contribution is -2.14. The van der Waals surface area contributed by atoms with Crippen LogP contribution in [-0.2, 0) is 9.53 Å². The molecule has 0 saturated carbocycles. The molecule has 0 N–H and O–H groups in total. The van der Waals surface area contributed by atoms with Crippen LogP contribution in [0.5, 0.6) is 0 Å². The van der Waals surface area contributed by atoms with Gasteiger partial charge in [-0.3, -0.25) is 4.79 Å². The molecule has 0 aromatic heterocycles. The second-order valence-electron chi connectivity index (χ2n) is 2.86. The highest BCUT2D eigenvalue weighted by atomic mass is 16.5. The first kappa shape index (κ1) is 8.47. The summed E-state index contributed by atoms with van der Waals surface area (Å²) in [5.41, 5.74) is 0. The summed E-state index contributed by atoms with van der Waals surface area (Å²) < 4.78 is 5.21. The van der Waals surface area contributed by atoms with Crippen molar-refractivity contribution >= 4 is 6.29 Å². The first-order chi connectivity index (χ1) is 5.43. The Hall–Kier alpha value is -0.630. The van der Waals surface area contributed by atoms with Crippen LogP contribution >= 0.6 is 0 Å². The van der Waals surface area contributed by atoms with Crippen LogP contribution in [0.4, 0.5) is 0 Å². The Balaban J connectivity index is 2.14. The largest absolute Gasteiger partial charge is 0.381 e. The van der Waals surface area contributed by atoms with E-state index >= 15 is 0 Å². The van der Waals surface area contributed by atoms with Gasteiger partial charge in [-0.2, -0.15) is 0 Å². The Kier molecular flexibility index (Phi) is 3.91. The van der Waals surface area contributed by atoms with Gasteiger partial charge in [0.15, 0.2) is 0 Å². The van der Waals surface area contributed by atoms with Crippen molar-refractivity contribution in [1.29, 1.82) is 0 Å². The molecule has 0 spiro atoms. The lowest BCUT2D eigenvalue weighted by molar-refractivity contribution is -0.104. The average molecular weight is 154 g/mol. The maximum absolute atomic E-state index is 9.94. The summed E-state index contributed by atoms with van der Waals surface area (Å²) in [5.74, 6) is 0.736. The van der Waals surface area contributed by atoms with Crippen LogP contribution in [0.25, 0.3) is 0 Å². The standard InChI is InChI=1S/C9H14O2/c10-6-2-1-3-9-4-7-11-8-5-9/h1-2,6,9H,3-5,7-8H2/b2-1-. The van der Waals surface area contributed by atoms with E-state index in [1.165, 1.54) is 0 Å². The van der Waals surface area contributed by atoms with Crippen molar-refractivity contribution in [1.82, 2.24) is 0 Å². The summed E-state index contributed by atoms with van der Waals surface area (Å²) in [4.78, 5) is 9.94. The van der Waals surface area contributed by atoms with E-state index in [1.54, 1.807) is 6.08 Å². The summed E-state index contributed by atoms with van der Waals surface area (Å²) in [6.07, 6.45) is 7.67. The summed E-state index contributed by atoms with van der Waals surface area (Å²) in [7, 11) is 0. The Morgan fingerprint density at radius 1 is 1.36 bits per heavy atom. The van der Waals surface area contributed by atoms with Crippen molar-refractivity contribution in [2.75, 3.05) is 13.2 Å². The van der Waals surface area contributed by atoms with Crippen LogP contribution in [0.1, 0.15) is 19.3 Å². The lowest BCUT2D eigenvalue weighted by Gasteiger charge is -2.20. The van der Waals surface area contributed by atoms with Crippen LogP contribution < -0.4 is 0 Å². The average Bonchev–Trinajstić information content (AvgIpc) is 2.07. The van der Waals surface area contributed by atoms with Crippen molar-refractivity contribution in [3.63, 3.8) is 0 Å². The lowest BCUT2D eigenvalue weighted by atomic mass is 9.96. The number of carbonyl (C=O) groups is 1. The molecule has 1 aliphatic heterocycles. The third kappa shape index (κ3) is 3.33. The summed E-state index contributed by atoms with van der Waals surface area (Å²) in [5, 5.41) is 0. The molecule has 2 heteroatoms. The predicted molar refractivity (Wildman–Crippen MR) is 43.4 cm³/mol. The smallest absolute Gasteiger partial charge is 0.142 e. The Morgan fingerprint density at radius 2 is 2.09 bits per heavy atom. The highest BCUT2D eigenvalue weighted by Crippen LogP contribution is 2.18. The number of ether oxygens (including phenoxy) is 1. The first-order valence-electron chi connectivity index (χ1n) is 4.11. The van der Waals surface area contributed by atoms with E-state index in [2.05, 4.69) is 0 Å². The van der Waals surface area contributed by atoms with Crippen molar-refractivity contribution in [3.8, 4) is 0 Å². The molecule has 0 amide bonds. The van der Waals surface area contributed by atoms with Gasteiger partial charge in [0, 0.05) is 13.2 Å². The fraction of sp³-hybridized carbons (Fsp3) is 0.667. The van der Waals surface area contributed by atoms with E-state index < -0.39 is 0 Å². The molecule has 1 rings (SSSR count). The molecule has 1 fully saturated rings. The summed E-state index contributed by atoms with van der Waals surface area (Å²) in [6, 6.07) is 0. The van der Waals surface area contributed by atoms with E-state index in [0.29, 0.717) is 0 Å². The fourth-order valence-electron chi connectivity index (χ4n) is 1.31. The normalized spacial score (nSPS) is 20.7. The first-order valence-corrected chi connectivity index (χ1v) is 4.11. The van der Waals surface area contributed by atoms with E-state index in [4.69, 9.17) is 4.74 Å². The molecule has 2 nitrogen and oxygen atoms in total. The Morgan fingerprint density at radius 3 is 2.73 bits per heavy atom. The van der Waals surface area contributed by atoms with Gasteiger partial charge in [-0.1, -0.05) is 6.08 Å². The van der Waals surface area contributed by atoms with Crippen LogP contribution in [0.15, 0.2) is 12.2 Å². The zero-order valence-corrected chi connectivity index (χ0v) is 6.66. The number of hydrogen-bond donors (Lipinski definition) is 0. The maximum Gasteiger partial charge on any atom is 0.142 e. The van der Waals surface area contributed by atoms with Crippen molar-refractivity contribution in [3.05, 3.63) is 12.2 Å². The van der Waals surface area contributed by atoms with Crippen molar-refractivity contribution in [2.45, 2.75) is 19.3 Å². The molecule has 11 heavy (non-hydrogen) atoms. The highest BCUT2D eigenvalue weighted by molar-refractivity contribution is 5.64. The minimum absolute atomic E-state index is 0.736. The van der Waals surface area contributed by atoms with Crippen LogP contribution in [0.3, 0.4) is 0 Å². The van der Waals surface area contributed by atoms with Gasteiger partial charge in [0.05, 0.1) is 0 Å². The van der Waals surface area contributed by atoms with E-state index in [1.807, 2.05) is 6.08 Å². The van der Waals surface area contributed by atoms with E-state index in [0.717, 1.165) is 44.7 Å². The molecule has 0 unspecified atom stereocenters. The topological polar surface area (TPSA) is 26.3 Å².